The molecule has 8 heteroatoms. The maximum Gasteiger partial charge on any atom is 0.261 e. The number of nitrogens with one attached hydrogen (secondary N) is 2. The van der Waals surface area contributed by atoms with E-state index < -0.39 is 20.0 Å². The second-order valence-corrected chi connectivity index (χ2v) is 10.4. The Hall–Kier alpha value is -2.84. The van der Waals surface area contributed by atoms with Gasteiger partial charge in [-0.25, -0.2) is 16.8 Å². The lowest BCUT2D eigenvalue weighted by atomic mass is 10.1. The molecule has 3 rings (SSSR count). The predicted molar refractivity (Wildman–Crippen MR) is 120 cm³/mol. The van der Waals surface area contributed by atoms with Crippen molar-refractivity contribution in [2.45, 2.75) is 36.5 Å². The van der Waals surface area contributed by atoms with Crippen LogP contribution in [0.4, 0.5) is 11.4 Å². The van der Waals surface area contributed by atoms with Gasteiger partial charge < -0.3 is 0 Å². The summed E-state index contributed by atoms with van der Waals surface area (Å²) in [5.41, 5.74) is 2.72. The molecule has 0 bridgehead atoms. The zero-order valence-electron chi connectivity index (χ0n) is 16.8. The molecule has 3 aromatic carbocycles. The normalized spacial score (nSPS) is 11.8. The first-order valence-corrected chi connectivity index (χ1v) is 12.5. The summed E-state index contributed by atoms with van der Waals surface area (Å²) in [5.74, 6) is 0. The van der Waals surface area contributed by atoms with Crippen LogP contribution in [0, 0.1) is 6.92 Å². The molecule has 30 heavy (non-hydrogen) atoms. The Kier molecular flexibility index (Phi) is 6.48. The highest BCUT2D eigenvalue weighted by atomic mass is 32.2. The van der Waals surface area contributed by atoms with E-state index in [2.05, 4.69) is 16.4 Å². The Morgan fingerprint density at radius 2 is 1.03 bits per heavy atom. The van der Waals surface area contributed by atoms with Crippen LogP contribution in [0.1, 0.15) is 24.5 Å². The summed E-state index contributed by atoms with van der Waals surface area (Å²) in [5, 5.41) is 0. The minimum Gasteiger partial charge on any atom is -0.280 e. The molecule has 0 aromatic heterocycles. The summed E-state index contributed by atoms with van der Waals surface area (Å²) >= 11 is 0. The molecule has 0 saturated carbocycles. The molecule has 3 aromatic rings. The first-order chi connectivity index (χ1) is 14.2. The van der Waals surface area contributed by atoms with Crippen LogP contribution in [0.5, 0.6) is 0 Å². The van der Waals surface area contributed by atoms with E-state index in [-0.39, 0.29) is 9.79 Å². The van der Waals surface area contributed by atoms with E-state index in [0.717, 1.165) is 24.0 Å². The first-order valence-electron chi connectivity index (χ1n) is 9.51. The molecular weight excluding hydrogens is 420 g/mol. The fraction of sp³-hybridized carbons (Fsp3) is 0.182. The van der Waals surface area contributed by atoms with Crippen molar-refractivity contribution in [1.29, 1.82) is 0 Å². The van der Waals surface area contributed by atoms with Gasteiger partial charge in [0.05, 0.1) is 9.79 Å². The smallest absolute Gasteiger partial charge is 0.261 e. The van der Waals surface area contributed by atoms with Gasteiger partial charge in [0.25, 0.3) is 20.0 Å². The highest BCUT2D eigenvalue weighted by Gasteiger charge is 2.16. The number of sulfonamides is 2. The third kappa shape index (κ3) is 5.40. The van der Waals surface area contributed by atoms with Crippen LogP contribution in [0.15, 0.2) is 82.6 Å². The predicted octanol–water partition coefficient (Wildman–Crippen LogP) is 4.55. The van der Waals surface area contributed by atoms with E-state index in [1.54, 1.807) is 36.4 Å². The van der Waals surface area contributed by atoms with Crippen LogP contribution in [-0.2, 0) is 26.5 Å². The van der Waals surface area contributed by atoms with Crippen molar-refractivity contribution in [3.8, 4) is 0 Å². The zero-order chi connectivity index (χ0) is 21.8. The van der Waals surface area contributed by atoms with Crippen molar-refractivity contribution in [2.75, 3.05) is 9.44 Å². The van der Waals surface area contributed by atoms with E-state index >= 15 is 0 Å². The lowest BCUT2D eigenvalue weighted by Gasteiger charge is -2.11. The highest BCUT2D eigenvalue weighted by Crippen LogP contribution is 2.21. The topological polar surface area (TPSA) is 92.3 Å². The third-order valence-corrected chi connectivity index (χ3v) is 7.29. The van der Waals surface area contributed by atoms with Gasteiger partial charge in [-0.3, -0.25) is 9.44 Å². The standard InChI is InChI=1S/C22H24N2O4S2/c1-3-4-18-7-15-22(16-8-18)30(27,28)24-20-11-9-19(10-12-20)23-29(25,26)21-13-5-17(2)6-14-21/h5-16,23-24H,3-4H2,1-2H3. The van der Waals surface area contributed by atoms with Crippen LogP contribution < -0.4 is 9.44 Å². The number of aryl methyl sites for hydroxylation is 2. The van der Waals surface area contributed by atoms with E-state index in [9.17, 15) is 16.8 Å². The second-order valence-electron chi connectivity index (χ2n) is 7.00. The number of rotatable bonds is 8. The summed E-state index contributed by atoms with van der Waals surface area (Å²) in [6.07, 6.45) is 1.89. The number of anilines is 2. The van der Waals surface area contributed by atoms with E-state index in [0.29, 0.717) is 11.4 Å². The summed E-state index contributed by atoms with van der Waals surface area (Å²) < 4.78 is 55.1. The van der Waals surface area contributed by atoms with Crippen molar-refractivity contribution in [3.05, 3.63) is 83.9 Å². The molecule has 0 atom stereocenters. The Balaban J connectivity index is 1.71. The van der Waals surface area contributed by atoms with Crippen LogP contribution in [0.3, 0.4) is 0 Å². The molecule has 158 valence electrons. The maximum absolute atomic E-state index is 12.6. The molecule has 0 spiro atoms. The van der Waals surface area contributed by atoms with Gasteiger partial charge in [-0.1, -0.05) is 43.2 Å². The van der Waals surface area contributed by atoms with E-state index in [4.69, 9.17) is 0 Å². The van der Waals surface area contributed by atoms with Crippen molar-refractivity contribution >= 4 is 31.4 Å². The number of hydrogen-bond donors (Lipinski definition) is 2. The summed E-state index contributed by atoms with van der Waals surface area (Å²) in [7, 11) is -7.45. The van der Waals surface area contributed by atoms with Crippen LogP contribution >= 0.6 is 0 Å². The third-order valence-electron chi connectivity index (χ3n) is 4.49. The Labute approximate surface area is 178 Å². The lowest BCUT2D eigenvalue weighted by molar-refractivity contribution is 0.599. The Morgan fingerprint density at radius 3 is 1.43 bits per heavy atom. The molecular formula is C22H24N2O4S2. The SMILES string of the molecule is CCCc1ccc(S(=O)(=O)Nc2ccc(NS(=O)(=O)c3ccc(C)cc3)cc2)cc1. The van der Waals surface area contributed by atoms with Crippen LogP contribution in [-0.4, -0.2) is 16.8 Å². The molecule has 0 radical (unpaired) electrons. The minimum atomic E-state index is -3.73. The Morgan fingerprint density at radius 1 is 0.633 bits per heavy atom. The van der Waals surface area contributed by atoms with Crippen LogP contribution in [0.2, 0.25) is 0 Å². The van der Waals surface area contributed by atoms with Gasteiger partial charge in [0.15, 0.2) is 0 Å². The molecule has 0 fully saturated rings. The monoisotopic (exact) mass is 444 g/mol. The minimum absolute atomic E-state index is 0.157. The van der Waals surface area contributed by atoms with Gasteiger partial charge >= 0.3 is 0 Å². The summed E-state index contributed by atoms with van der Waals surface area (Å²) in [6, 6.07) is 19.3. The largest absolute Gasteiger partial charge is 0.280 e. The molecule has 0 unspecified atom stereocenters. The van der Waals surface area contributed by atoms with Gasteiger partial charge in [0.2, 0.25) is 0 Å². The van der Waals surface area contributed by atoms with Crippen molar-refractivity contribution in [2.24, 2.45) is 0 Å². The molecule has 6 nitrogen and oxygen atoms in total. The molecule has 0 aliphatic carbocycles. The van der Waals surface area contributed by atoms with Gasteiger partial charge in [-0.05, 0) is 67.4 Å². The van der Waals surface area contributed by atoms with Gasteiger partial charge in [0, 0.05) is 11.4 Å². The Bertz CT molecular complexity index is 1200. The second kappa shape index (κ2) is 8.89. The molecule has 0 heterocycles. The zero-order valence-corrected chi connectivity index (χ0v) is 18.4. The van der Waals surface area contributed by atoms with Gasteiger partial charge in [-0.15, -0.1) is 0 Å². The summed E-state index contributed by atoms with van der Waals surface area (Å²) in [6.45, 7) is 3.94. The van der Waals surface area contributed by atoms with E-state index in [1.807, 2.05) is 6.92 Å². The number of benzene rings is 3. The lowest BCUT2D eigenvalue weighted by Crippen LogP contribution is -2.14. The molecule has 0 aliphatic rings. The average molecular weight is 445 g/mol. The first kappa shape index (κ1) is 21.9. The quantitative estimate of drug-likeness (QED) is 0.533. The van der Waals surface area contributed by atoms with Gasteiger partial charge in [-0.2, -0.15) is 0 Å². The van der Waals surface area contributed by atoms with E-state index in [1.165, 1.54) is 36.4 Å². The molecule has 0 amide bonds. The molecule has 2 N–H and O–H groups in total. The van der Waals surface area contributed by atoms with Crippen molar-refractivity contribution in [1.82, 2.24) is 0 Å². The highest BCUT2D eigenvalue weighted by molar-refractivity contribution is 7.93. The van der Waals surface area contributed by atoms with Crippen molar-refractivity contribution < 1.29 is 16.8 Å². The van der Waals surface area contributed by atoms with Crippen molar-refractivity contribution in [3.63, 3.8) is 0 Å². The summed E-state index contributed by atoms with van der Waals surface area (Å²) in [4.78, 5) is 0.330. The fourth-order valence-corrected chi connectivity index (χ4v) is 4.99. The van der Waals surface area contributed by atoms with Crippen LogP contribution in [0.25, 0.3) is 0 Å². The molecule has 0 aliphatic heterocycles. The fourth-order valence-electron chi connectivity index (χ4n) is 2.88. The maximum atomic E-state index is 12.6. The van der Waals surface area contributed by atoms with Gasteiger partial charge in [0.1, 0.15) is 0 Å². The number of hydrogen-bond acceptors (Lipinski definition) is 4. The average Bonchev–Trinajstić information content (AvgIpc) is 2.70. The molecule has 0 saturated heterocycles.